The molecule has 0 rings (SSSR count). The van der Waals surface area contributed by atoms with E-state index in [2.05, 4.69) is 0 Å². The summed E-state index contributed by atoms with van der Waals surface area (Å²) in [5, 5.41) is 8.32. The van der Waals surface area contributed by atoms with Crippen LogP contribution in [0.25, 0.3) is 0 Å². The molecular formula is C6H13NO3. The molecule has 4 heteroatoms. The maximum absolute atomic E-state index is 10.4. The predicted molar refractivity (Wildman–Crippen MR) is 37.1 cm³/mol. The summed E-state index contributed by atoms with van der Waals surface area (Å²) >= 11 is 0. The average Bonchev–Trinajstić information content (AvgIpc) is 1.64. The number of Topliss-reactive ketones (excluding diaryl/α,β-unsaturated/α-hetero) is 1. The maximum Gasteiger partial charge on any atom is 0.314 e. The molecule has 4 N–H and O–H groups in total. The van der Waals surface area contributed by atoms with Crippen LogP contribution in [-0.4, -0.2) is 16.9 Å². The van der Waals surface area contributed by atoms with Crippen molar-refractivity contribution in [1.29, 1.82) is 0 Å². The van der Waals surface area contributed by atoms with Crippen molar-refractivity contribution in [2.75, 3.05) is 0 Å². The zero-order chi connectivity index (χ0) is 7.44. The van der Waals surface area contributed by atoms with Crippen molar-refractivity contribution >= 4 is 11.8 Å². The number of rotatable bonds is 3. The molecule has 0 bridgehead atoms. The van der Waals surface area contributed by atoms with Crippen LogP contribution < -0.4 is 6.15 Å². The van der Waals surface area contributed by atoms with Gasteiger partial charge in [0.25, 0.3) is 0 Å². The van der Waals surface area contributed by atoms with Crippen LogP contribution in [0.1, 0.15) is 20.3 Å². The molecule has 1 unspecified atom stereocenters. The van der Waals surface area contributed by atoms with Gasteiger partial charge < -0.3 is 11.3 Å². The lowest BCUT2D eigenvalue weighted by atomic mass is 10.0. The van der Waals surface area contributed by atoms with Crippen LogP contribution in [0.5, 0.6) is 0 Å². The number of ketones is 1. The number of hydrogen-bond donors (Lipinski definition) is 2. The Labute approximate surface area is 59.8 Å². The summed E-state index contributed by atoms with van der Waals surface area (Å²) in [4.78, 5) is 20.6. The predicted octanol–water partition coefficient (Wildman–Crippen LogP) is 0.848. The summed E-state index contributed by atoms with van der Waals surface area (Å²) in [6.07, 6.45) is 0.380. The van der Waals surface area contributed by atoms with Crippen LogP contribution in [0.4, 0.5) is 0 Å². The van der Waals surface area contributed by atoms with E-state index in [-0.39, 0.29) is 11.9 Å². The fraction of sp³-hybridized carbons (Fsp3) is 0.667. The molecule has 0 aromatic rings. The SMILES string of the molecule is CCC(C(C)=O)C(=O)O.N. The van der Waals surface area contributed by atoms with Gasteiger partial charge in [0.1, 0.15) is 11.7 Å². The Morgan fingerprint density at radius 3 is 1.90 bits per heavy atom. The molecule has 0 amide bonds. The lowest BCUT2D eigenvalue weighted by Crippen LogP contribution is -2.19. The van der Waals surface area contributed by atoms with Crippen molar-refractivity contribution in [2.45, 2.75) is 20.3 Å². The highest BCUT2D eigenvalue weighted by atomic mass is 16.4. The minimum atomic E-state index is -1.02. The van der Waals surface area contributed by atoms with Gasteiger partial charge >= 0.3 is 5.97 Å². The van der Waals surface area contributed by atoms with Gasteiger partial charge in [-0.15, -0.1) is 0 Å². The van der Waals surface area contributed by atoms with E-state index in [1.54, 1.807) is 6.92 Å². The molecule has 0 aromatic carbocycles. The Bertz CT molecular complexity index is 119. The molecule has 0 heterocycles. The third-order valence-electron chi connectivity index (χ3n) is 1.20. The van der Waals surface area contributed by atoms with Gasteiger partial charge in [-0.3, -0.25) is 9.59 Å². The number of carbonyl (C=O) groups excluding carboxylic acids is 1. The summed E-state index contributed by atoms with van der Waals surface area (Å²) in [6.45, 7) is 2.97. The van der Waals surface area contributed by atoms with E-state index in [0.717, 1.165) is 0 Å². The first-order valence-electron chi connectivity index (χ1n) is 2.82. The van der Waals surface area contributed by atoms with Gasteiger partial charge in [-0.1, -0.05) is 6.92 Å². The highest BCUT2D eigenvalue weighted by Gasteiger charge is 2.19. The summed E-state index contributed by atoms with van der Waals surface area (Å²) in [7, 11) is 0. The van der Waals surface area contributed by atoms with E-state index in [9.17, 15) is 9.59 Å². The van der Waals surface area contributed by atoms with Gasteiger partial charge in [0, 0.05) is 0 Å². The summed E-state index contributed by atoms with van der Waals surface area (Å²) in [6, 6.07) is 0. The molecule has 0 aliphatic carbocycles. The zero-order valence-corrected chi connectivity index (χ0v) is 6.26. The van der Waals surface area contributed by atoms with Crippen LogP contribution in [0.2, 0.25) is 0 Å². The molecule has 0 radical (unpaired) electrons. The van der Waals surface area contributed by atoms with E-state index < -0.39 is 11.9 Å². The van der Waals surface area contributed by atoms with E-state index in [4.69, 9.17) is 5.11 Å². The molecule has 0 saturated carbocycles. The van der Waals surface area contributed by atoms with Gasteiger partial charge in [-0.05, 0) is 13.3 Å². The lowest BCUT2D eigenvalue weighted by Gasteiger charge is -2.01. The molecule has 1 atom stereocenters. The van der Waals surface area contributed by atoms with Crippen molar-refractivity contribution in [3.8, 4) is 0 Å². The lowest BCUT2D eigenvalue weighted by molar-refractivity contribution is -0.145. The van der Waals surface area contributed by atoms with Gasteiger partial charge in [0.15, 0.2) is 0 Å². The fourth-order valence-electron chi connectivity index (χ4n) is 0.636. The molecule has 0 fully saturated rings. The Kier molecular flexibility index (Phi) is 5.84. The first kappa shape index (κ1) is 11.8. The number of hydrogen-bond acceptors (Lipinski definition) is 3. The van der Waals surface area contributed by atoms with Crippen molar-refractivity contribution in [2.24, 2.45) is 5.92 Å². The highest BCUT2D eigenvalue weighted by Crippen LogP contribution is 2.02. The minimum Gasteiger partial charge on any atom is -0.481 e. The third-order valence-corrected chi connectivity index (χ3v) is 1.20. The fourth-order valence-corrected chi connectivity index (χ4v) is 0.636. The van der Waals surface area contributed by atoms with E-state index in [1.165, 1.54) is 6.92 Å². The molecule has 60 valence electrons. The second-order valence-corrected chi connectivity index (χ2v) is 1.91. The third kappa shape index (κ3) is 3.19. The zero-order valence-electron chi connectivity index (χ0n) is 6.26. The minimum absolute atomic E-state index is 0. The van der Waals surface area contributed by atoms with E-state index in [1.807, 2.05) is 0 Å². The van der Waals surface area contributed by atoms with Crippen LogP contribution in [0.3, 0.4) is 0 Å². The van der Waals surface area contributed by atoms with Crippen molar-refractivity contribution in [1.82, 2.24) is 6.15 Å². The number of carbonyl (C=O) groups is 2. The topological polar surface area (TPSA) is 89.4 Å². The van der Waals surface area contributed by atoms with Crippen molar-refractivity contribution in [3.05, 3.63) is 0 Å². The number of carboxylic acids is 1. The molecule has 0 aliphatic rings. The van der Waals surface area contributed by atoms with E-state index in [0.29, 0.717) is 6.42 Å². The molecule has 0 saturated heterocycles. The highest BCUT2D eigenvalue weighted by molar-refractivity contribution is 5.96. The van der Waals surface area contributed by atoms with Crippen molar-refractivity contribution in [3.63, 3.8) is 0 Å². The number of aliphatic carboxylic acids is 1. The molecule has 0 aliphatic heterocycles. The average molecular weight is 147 g/mol. The molecule has 10 heavy (non-hydrogen) atoms. The van der Waals surface area contributed by atoms with Crippen LogP contribution in [-0.2, 0) is 9.59 Å². The first-order chi connectivity index (χ1) is 4.09. The maximum atomic E-state index is 10.4. The smallest absolute Gasteiger partial charge is 0.314 e. The monoisotopic (exact) mass is 147 g/mol. The summed E-state index contributed by atoms with van der Waals surface area (Å²) in [5.74, 6) is -2.10. The Balaban J connectivity index is 0. The van der Waals surface area contributed by atoms with Gasteiger partial charge in [-0.2, -0.15) is 0 Å². The number of carboxylic acid groups (broad SMARTS) is 1. The van der Waals surface area contributed by atoms with E-state index >= 15 is 0 Å². The standard InChI is InChI=1S/C6H10O3.H3N/c1-3-5(4(2)7)6(8)9;/h5H,3H2,1-2H3,(H,8,9);1H3. The molecule has 0 aromatic heterocycles. The van der Waals surface area contributed by atoms with Gasteiger partial charge in [0.2, 0.25) is 0 Å². The van der Waals surface area contributed by atoms with Crippen LogP contribution in [0, 0.1) is 5.92 Å². The second kappa shape index (κ2) is 4.93. The van der Waals surface area contributed by atoms with Gasteiger partial charge in [-0.25, -0.2) is 0 Å². The summed E-state index contributed by atoms with van der Waals surface area (Å²) < 4.78 is 0. The first-order valence-corrected chi connectivity index (χ1v) is 2.82. The quantitative estimate of drug-likeness (QED) is 0.579. The van der Waals surface area contributed by atoms with Gasteiger partial charge in [0.05, 0.1) is 0 Å². The normalized spacial score (nSPS) is 11.4. The van der Waals surface area contributed by atoms with Crippen LogP contribution >= 0.6 is 0 Å². The van der Waals surface area contributed by atoms with Crippen molar-refractivity contribution < 1.29 is 14.7 Å². The summed E-state index contributed by atoms with van der Waals surface area (Å²) in [5.41, 5.74) is 0. The Morgan fingerprint density at radius 1 is 1.50 bits per heavy atom. The molecular weight excluding hydrogens is 134 g/mol. The Hall–Kier alpha value is -0.900. The Morgan fingerprint density at radius 2 is 1.90 bits per heavy atom. The largest absolute Gasteiger partial charge is 0.481 e. The second-order valence-electron chi connectivity index (χ2n) is 1.91. The molecule has 4 nitrogen and oxygen atoms in total. The molecule has 0 spiro atoms. The van der Waals surface area contributed by atoms with Crippen LogP contribution in [0.15, 0.2) is 0 Å².